The Kier molecular flexibility index (Phi) is 4.91. The van der Waals surface area contributed by atoms with Crippen molar-refractivity contribution in [1.82, 2.24) is 10.3 Å². The van der Waals surface area contributed by atoms with Crippen molar-refractivity contribution in [2.75, 3.05) is 6.54 Å². The van der Waals surface area contributed by atoms with E-state index in [2.05, 4.69) is 48.2 Å². The third-order valence-corrected chi connectivity index (χ3v) is 4.43. The molecule has 2 heterocycles. The van der Waals surface area contributed by atoms with Crippen LogP contribution in [0.4, 0.5) is 0 Å². The highest BCUT2D eigenvalue weighted by molar-refractivity contribution is 9.11. The Labute approximate surface area is 126 Å². The molecule has 3 nitrogen and oxygen atoms in total. The van der Waals surface area contributed by atoms with Crippen LogP contribution in [0.3, 0.4) is 0 Å². The van der Waals surface area contributed by atoms with Gasteiger partial charge in [0, 0.05) is 17.6 Å². The number of pyridine rings is 1. The molecule has 94 valence electrons. The molecule has 0 atom stereocenters. The summed E-state index contributed by atoms with van der Waals surface area (Å²) in [7, 11) is 0. The van der Waals surface area contributed by atoms with E-state index in [1.54, 1.807) is 29.7 Å². The zero-order valence-electron chi connectivity index (χ0n) is 9.32. The van der Waals surface area contributed by atoms with Crippen molar-refractivity contribution in [3.8, 4) is 0 Å². The third kappa shape index (κ3) is 3.90. The van der Waals surface area contributed by atoms with Gasteiger partial charge in [0.05, 0.1) is 9.35 Å². The Hall–Kier alpha value is -0.720. The summed E-state index contributed by atoms with van der Waals surface area (Å²) < 4.78 is 1.84. The molecular weight excluding hydrogens is 380 g/mol. The number of thiophene rings is 1. The number of nitrogens with zero attached hydrogens (tertiary/aromatic N) is 1. The number of halogens is 2. The molecule has 1 amide bonds. The molecule has 0 aliphatic carbocycles. The molecule has 2 aromatic rings. The molecule has 0 fully saturated rings. The molecular formula is C12H10Br2N2OS. The van der Waals surface area contributed by atoms with Gasteiger partial charge < -0.3 is 5.32 Å². The Bertz CT molecular complexity index is 539. The minimum Gasteiger partial charge on any atom is -0.352 e. The topological polar surface area (TPSA) is 42.0 Å². The summed E-state index contributed by atoms with van der Waals surface area (Å²) in [5, 5.41) is 2.87. The molecule has 0 radical (unpaired) electrons. The maximum absolute atomic E-state index is 11.8. The monoisotopic (exact) mass is 388 g/mol. The first-order valence-corrected chi connectivity index (χ1v) is 7.69. The minimum absolute atomic E-state index is 0.0920. The lowest BCUT2D eigenvalue weighted by Crippen LogP contribution is -2.25. The van der Waals surface area contributed by atoms with Crippen LogP contribution in [-0.2, 0) is 6.42 Å². The van der Waals surface area contributed by atoms with Gasteiger partial charge in [-0.2, -0.15) is 0 Å². The highest BCUT2D eigenvalue weighted by Gasteiger charge is 2.05. The van der Waals surface area contributed by atoms with Crippen molar-refractivity contribution < 1.29 is 4.79 Å². The molecule has 0 aliphatic heterocycles. The van der Waals surface area contributed by atoms with Gasteiger partial charge in [0.1, 0.15) is 4.60 Å². The van der Waals surface area contributed by atoms with E-state index in [0.29, 0.717) is 12.1 Å². The SMILES string of the molecule is O=C(NCCc1ccc(Br)s1)c1ccc(Br)nc1. The van der Waals surface area contributed by atoms with Crippen molar-refractivity contribution in [3.63, 3.8) is 0 Å². The van der Waals surface area contributed by atoms with E-state index in [1.807, 2.05) is 6.07 Å². The average Bonchev–Trinajstić information content (AvgIpc) is 2.76. The zero-order chi connectivity index (χ0) is 13.0. The van der Waals surface area contributed by atoms with Crippen LogP contribution in [-0.4, -0.2) is 17.4 Å². The molecule has 0 aromatic carbocycles. The molecule has 0 saturated carbocycles. The Morgan fingerprint density at radius 3 is 2.72 bits per heavy atom. The van der Waals surface area contributed by atoms with Crippen LogP contribution in [0.1, 0.15) is 15.2 Å². The number of rotatable bonds is 4. The van der Waals surface area contributed by atoms with Crippen molar-refractivity contribution in [3.05, 3.63) is 49.3 Å². The summed E-state index contributed by atoms with van der Waals surface area (Å²) in [6.07, 6.45) is 2.40. The highest BCUT2D eigenvalue weighted by Crippen LogP contribution is 2.22. The maximum atomic E-state index is 11.8. The van der Waals surface area contributed by atoms with E-state index in [4.69, 9.17) is 0 Å². The summed E-state index contributed by atoms with van der Waals surface area (Å²) >= 11 is 8.33. The Morgan fingerprint density at radius 2 is 2.11 bits per heavy atom. The van der Waals surface area contributed by atoms with Gasteiger partial charge in [0.15, 0.2) is 0 Å². The van der Waals surface area contributed by atoms with Gasteiger partial charge in [-0.05, 0) is 62.5 Å². The maximum Gasteiger partial charge on any atom is 0.252 e. The first-order valence-electron chi connectivity index (χ1n) is 5.29. The van der Waals surface area contributed by atoms with Crippen molar-refractivity contribution in [2.45, 2.75) is 6.42 Å². The van der Waals surface area contributed by atoms with E-state index in [9.17, 15) is 4.79 Å². The molecule has 6 heteroatoms. The van der Waals surface area contributed by atoms with E-state index in [0.717, 1.165) is 14.8 Å². The number of carbonyl (C=O) groups is 1. The molecule has 0 spiro atoms. The van der Waals surface area contributed by atoms with E-state index in [-0.39, 0.29) is 5.91 Å². The number of nitrogens with one attached hydrogen (secondary N) is 1. The number of hydrogen-bond donors (Lipinski definition) is 1. The normalized spacial score (nSPS) is 10.3. The fraction of sp³-hybridized carbons (Fsp3) is 0.167. The standard InChI is InChI=1S/C12H10Br2N2OS/c13-10-3-1-8(7-16-10)12(17)15-6-5-9-2-4-11(14)18-9/h1-4,7H,5-6H2,(H,15,17). The van der Waals surface area contributed by atoms with Crippen molar-refractivity contribution >= 4 is 49.1 Å². The van der Waals surface area contributed by atoms with Crippen LogP contribution in [0.2, 0.25) is 0 Å². The summed E-state index contributed by atoms with van der Waals surface area (Å²) in [6, 6.07) is 7.57. The second-order valence-corrected chi connectivity index (χ2v) is 6.94. The second kappa shape index (κ2) is 6.45. The van der Waals surface area contributed by atoms with Crippen molar-refractivity contribution in [2.24, 2.45) is 0 Å². The fourth-order valence-electron chi connectivity index (χ4n) is 1.40. The predicted octanol–water partition coefficient (Wildman–Crippen LogP) is 3.64. The van der Waals surface area contributed by atoms with Gasteiger partial charge >= 0.3 is 0 Å². The van der Waals surface area contributed by atoms with Crippen LogP contribution in [0.15, 0.2) is 38.9 Å². The summed E-state index contributed by atoms with van der Waals surface area (Å²) in [5.41, 5.74) is 0.575. The second-order valence-electron chi connectivity index (χ2n) is 3.58. The molecule has 0 unspecified atom stereocenters. The minimum atomic E-state index is -0.0920. The van der Waals surface area contributed by atoms with Gasteiger partial charge in [0.2, 0.25) is 0 Å². The molecule has 0 aliphatic rings. The Balaban J connectivity index is 1.83. The molecule has 2 rings (SSSR count). The largest absolute Gasteiger partial charge is 0.352 e. The smallest absolute Gasteiger partial charge is 0.252 e. The predicted molar refractivity (Wildman–Crippen MR) is 80.0 cm³/mol. The van der Waals surface area contributed by atoms with Gasteiger partial charge in [0.25, 0.3) is 5.91 Å². The lowest BCUT2D eigenvalue weighted by atomic mass is 10.2. The summed E-state index contributed by atoms with van der Waals surface area (Å²) in [4.78, 5) is 17.0. The molecule has 18 heavy (non-hydrogen) atoms. The van der Waals surface area contributed by atoms with Crippen LogP contribution in [0.5, 0.6) is 0 Å². The van der Waals surface area contributed by atoms with E-state index in [1.165, 1.54) is 4.88 Å². The average molecular weight is 390 g/mol. The first kappa shape index (κ1) is 13.7. The fourth-order valence-corrected chi connectivity index (χ4v) is 3.11. The molecule has 1 N–H and O–H groups in total. The number of carbonyl (C=O) groups excluding carboxylic acids is 1. The van der Waals surface area contributed by atoms with Crippen LogP contribution < -0.4 is 5.32 Å². The van der Waals surface area contributed by atoms with Gasteiger partial charge in [-0.1, -0.05) is 0 Å². The van der Waals surface area contributed by atoms with Gasteiger partial charge in [-0.3, -0.25) is 4.79 Å². The zero-order valence-corrected chi connectivity index (χ0v) is 13.3. The Morgan fingerprint density at radius 1 is 1.28 bits per heavy atom. The summed E-state index contributed by atoms with van der Waals surface area (Å²) in [6.45, 7) is 0.627. The van der Waals surface area contributed by atoms with E-state index < -0.39 is 0 Å². The molecule has 2 aromatic heterocycles. The highest BCUT2D eigenvalue weighted by atomic mass is 79.9. The molecule has 0 bridgehead atoms. The lowest BCUT2D eigenvalue weighted by Gasteiger charge is -2.03. The third-order valence-electron chi connectivity index (χ3n) is 2.28. The van der Waals surface area contributed by atoms with Crippen LogP contribution in [0.25, 0.3) is 0 Å². The van der Waals surface area contributed by atoms with E-state index >= 15 is 0 Å². The quantitative estimate of drug-likeness (QED) is 0.811. The van der Waals surface area contributed by atoms with Crippen LogP contribution in [0, 0.1) is 0 Å². The summed E-state index contributed by atoms with van der Waals surface area (Å²) in [5.74, 6) is -0.0920. The van der Waals surface area contributed by atoms with Gasteiger partial charge in [-0.15, -0.1) is 11.3 Å². The van der Waals surface area contributed by atoms with Crippen molar-refractivity contribution in [1.29, 1.82) is 0 Å². The first-order chi connectivity index (χ1) is 8.65. The van der Waals surface area contributed by atoms with Crippen LogP contribution >= 0.6 is 43.2 Å². The number of aromatic nitrogens is 1. The number of hydrogen-bond acceptors (Lipinski definition) is 3. The lowest BCUT2D eigenvalue weighted by molar-refractivity contribution is 0.0954. The molecule has 0 saturated heterocycles. The number of amides is 1. The van der Waals surface area contributed by atoms with Gasteiger partial charge in [-0.25, -0.2) is 4.98 Å².